The molecule has 0 spiro atoms. The molecule has 1 unspecified atom stereocenters. The maximum absolute atomic E-state index is 4.03. The Balaban J connectivity index is 2.63. The van der Waals surface area contributed by atoms with Crippen LogP contribution in [0, 0.1) is 0 Å². The van der Waals surface area contributed by atoms with Gasteiger partial charge < -0.3 is 4.90 Å². The van der Waals surface area contributed by atoms with Crippen LogP contribution in [0.1, 0.15) is 33.6 Å². The van der Waals surface area contributed by atoms with Crippen LogP contribution in [-0.2, 0) is 0 Å². The maximum atomic E-state index is 4.03. The van der Waals surface area contributed by atoms with Crippen LogP contribution in [0.25, 0.3) is 0 Å². The molecule has 1 nitrogen and oxygen atoms in total. The highest BCUT2D eigenvalue weighted by Crippen LogP contribution is 2.27. The molecule has 0 saturated carbocycles. The molecule has 1 aliphatic heterocycles. The van der Waals surface area contributed by atoms with Gasteiger partial charge in [0, 0.05) is 17.8 Å². The van der Waals surface area contributed by atoms with Crippen molar-refractivity contribution in [1.82, 2.24) is 4.90 Å². The van der Waals surface area contributed by atoms with Crippen LogP contribution >= 0.6 is 0 Å². The molecule has 1 aliphatic rings. The summed E-state index contributed by atoms with van der Waals surface area (Å²) in [6, 6.07) is 1.34. The summed E-state index contributed by atoms with van der Waals surface area (Å²) in [7, 11) is 0. The molecule has 1 heterocycles. The number of hydrogen-bond acceptors (Lipinski definition) is 1. The zero-order valence-electron chi connectivity index (χ0n) is 7.22. The van der Waals surface area contributed by atoms with E-state index in [-0.39, 0.29) is 0 Å². The van der Waals surface area contributed by atoms with Crippen molar-refractivity contribution in [2.75, 3.05) is 0 Å². The van der Waals surface area contributed by atoms with Crippen molar-refractivity contribution in [2.24, 2.45) is 0 Å². The van der Waals surface area contributed by atoms with Gasteiger partial charge in [0.05, 0.1) is 0 Å². The zero-order valence-corrected chi connectivity index (χ0v) is 7.22. The minimum atomic E-state index is 0.630. The van der Waals surface area contributed by atoms with E-state index in [0.29, 0.717) is 12.1 Å². The second-order valence-electron chi connectivity index (χ2n) is 3.45. The standard InChI is InChI=1S/C9H17N/c1-7(2)10-8(3)5-6-9(10)4/h7,9H,3,5-6H2,1-2,4H3. The van der Waals surface area contributed by atoms with Gasteiger partial charge in [-0.2, -0.15) is 0 Å². The Bertz CT molecular complexity index is 138. The minimum absolute atomic E-state index is 0.630. The molecule has 10 heavy (non-hydrogen) atoms. The van der Waals surface area contributed by atoms with Crippen molar-refractivity contribution in [3.05, 3.63) is 12.3 Å². The first-order valence-corrected chi connectivity index (χ1v) is 4.09. The smallest absolute Gasteiger partial charge is 0.0265 e. The first-order valence-electron chi connectivity index (χ1n) is 4.09. The van der Waals surface area contributed by atoms with E-state index in [4.69, 9.17) is 0 Å². The highest BCUT2D eigenvalue weighted by Gasteiger charge is 2.24. The summed E-state index contributed by atoms with van der Waals surface area (Å²) < 4.78 is 0. The largest absolute Gasteiger partial charge is 0.370 e. The van der Waals surface area contributed by atoms with E-state index < -0.39 is 0 Å². The number of nitrogens with zero attached hydrogens (tertiary/aromatic N) is 1. The topological polar surface area (TPSA) is 3.24 Å². The Kier molecular flexibility index (Phi) is 2.02. The summed E-state index contributed by atoms with van der Waals surface area (Å²) in [6.45, 7) is 10.8. The van der Waals surface area contributed by atoms with Crippen LogP contribution < -0.4 is 0 Å². The highest BCUT2D eigenvalue weighted by atomic mass is 15.2. The van der Waals surface area contributed by atoms with Crippen LogP contribution in [0.5, 0.6) is 0 Å². The molecular formula is C9H17N. The van der Waals surface area contributed by atoms with Crippen LogP contribution in [0.2, 0.25) is 0 Å². The number of likely N-dealkylation sites (tertiary alicyclic amines) is 1. The van der Waals surface area contributed by atoms with Crippen LogP contribution in [0.15, 0.2) is 12.3 Å². The van der Waals surface area contributed by atoms with E-state index in [2.05, 4.69) is 32.3 Å². The predicted molar refractivity (Wildman–Crippen MR) is 44.8 cm³/mol. The summed E-state index contributed by atoms with van der Waals surface area (Å²) >= 11 is 0. The lowest BCUT2D eigenvalue weighted by Crippen LogP contribution is -2.31. The molecule has 0 aromatic rings. The van der Waals surface area contributed by atoms with Crippen LogP contribution in [0.3, 0.4) is 0 Å². The molecule has 0 aliphatic carbocycles. The molecule has 1 rings (SSSR count). The zero-order chi connectivity index (χ0) is 7.72. The SMILES string of the molecule is C=C1CCC(C)N1C(C)C. The van der Waals surface area contributed by atoms with E-state index in [1.165, 1.54) is 18.5 Å². The Hall–Kier alpha value is -0.460. The van der Waals surface area contributed by atoms with Gasteiger partial charge in [0.2, 0.25) is 0 Å². The first kappa shape index (κ1) is 7.64. The van der Waals surface area contributed by atoms with Crippen molar-refractivity contribution in [2.45, 2.75) is 45.7 Å². The van der Waals surface area contributed by atoms with E-state index in [1.807, 2.05) is 0 Å². The van der Waals surface area contributed by atoms with Gasteiger partial charge in [-0.15, -0.1) is 0 Å². The number of hydrogen-bond donors (Lipinski definition) is 0. The Morgan fingerprint density at radius 1 is 1.60 bits per heavy atom. The van der Waals surface area contributed by atoms with Gasteiger partial charge in [-0.25, -0.2) is 0 Å². The Morgan fingerprint density at radius 3 is 2.40 bits per heavy atom. The summed E-state index contributed by atoms with van der Waals surface area (Å²) in [5.74, 6) is 0. The van der Waals surface area contributed by atoms with E-state index in [9.17, 15) is 0 Å². The normalized spacial score (nSPS) is 26.6. The molecule has 58 valence electrons. The lowest BCUT2D eigenvalue weighted by Gasteiger charge is -2.29. The van der Waals surface area contributed by atoms with Crippen LogP contribution in [0.4, 0.5) is 0 Å². The van der Waals surface area contributed by atoms with Crippen molar-refractivity contribution >= 4 is 0 Å². The second kappa shape index (κ2) is 2.65. The predicted octanol–water partition coefficient (Wildman–Crippen LogP) is 2.39. The maximum Gasteiger partial charge on any atom is 0.0265 e. The van der Waals surface area contributed by atoms with E-state index >= 15 is 0 Å². The molecule has 0 aromatic heterocycles. The minimum Gasteiger partial charge on any atom is -0.370 e. The summed E-state index contributed by atoms with van der Waals surface area (Å²) in [5, 5.41) is 0. The second-order valence-corrected chi connectivity index (χ2v) is 3.45. The monoisotopic (exact) mass is 139 g/mol. The van der Waals surface area contributed by atoms with E-state index in [1.54, 1.807) is 0 Å². The lowest BCUT2D eigenvalue weighted by molar-refractivity contribution is 0.256. The fourth-order valence-electron chi connectivity index (χ4n) is 1.83. The molecule has 1 fully saturated rings. The van der Waals surface area contributed by atoms with Crippen molar-refractivity contribution in [3.63, 3.8) is 0 Å². The molecule has 0 amide bonds. The fourth-order valence-corrected chi connectivity index (χ4v) is 1.83. The third kappa shape index (κ3) is 1.18. The Morgan fingerprint density at radius 2 is 2.20 bits per heavy atom. The van der Waals surface area contributed by atoms with Crippen molar-refractivity contribution in [1.29, 1.82) is 0 Å². The summed E-state index contributed by atoms with van der Waals surface area (Å²) in [4.78, 5) is 2.42. The van der Waals surface area contributed by atoms with Gasteiger partial charge in [0.15, 0.2) is 0 Å². The van der Waals surface area contributed by atoms with Gasteiger partial charge in [-0.1, -0.05) is 6.58 Å². The average Bonchev–Trinajstić information content (AvgIpc) is 2.11. The average molecular weight is 139 g/mol. The summed E-state index contributed by atoms with van der Waals surface area (Å²) in [6.07, 6.45) is 2.48. The number of allylic oxidation sites excluding steroid dienone is 1. The molecule has 0 bridgehead atoms. The van der Waals surface area contributed by atoms with Crippen molar-refractivity contribution < 1.29 is 0 Å². The first-order chi connectivity index (χ1) is 4.63. The molecule has 0 N–H and O–H groups in total. The van der Waals surface area contributed by atoms with E-state index in [0.717, 1.165) is 0 Å². The molecule has 1 saturated heterocycles. The molecular weight excluding hydrogens is 122 g/mol. The third-order valence-corrected chi connectivity index (χ3v) is 2.25. The fraction of sp³-hybridized carbons (Fsp3) is 0.778. The molecule has 0 radical (unpaired) electrons. The summed E-state index contributed by atoms with van der Waals surface area (Å²) in [5.41, 5.74) is 1.32. The van der Waals surface area contributed by atoms with Crippen LogP contribution in [-0.4, -0.2) is 17.0 Å². The Labute approximate surface area is 63.7 Å². The molecule has 0 aromatic carbocycles. The van der Waals surface area contributed by atoms with Gasteiger partial charge in [-0.05, 0) is 33.6 Å². The third-order valence-electron chi connectivity index (χ3n) is 2.25. The van der Waals surface area contributed by atoms with Crippen molar-refractivity contribution in [3.8, 4) is 0 Å². The van der Waals surface area contributed by atoms with Gasteiger partial charge in [0.25, 0.3) is 0 Å². The molecule has 1 atom stereocenters. The lowest BCUT2D eigenvalue weighted by atomic mass is 10.2. The number of rotatable bonds is 1. The highest BCUT2D eigenvalue weighted by molar-refractivity contribution is 5.04. The van der Waals surface area contributed by atoms with Gasteiger partial charge in [0.1, 0.15) is 0 Å². The van der Waals surface area contributed by atoms with Gasteiger partial charge in [-0.3, -0.25) is 0 Å². The molecule has 1 heteroatoms. The quantitative estimate of drug-likeness (QED) is 0.539. The van der Waals surface area contributed by atoms with Gasteiger partial charge >= 0.3 is 0 Å².